The van der Waals surface area contributed by atoms with Gasteiger partial charge in [-0.1, -0.05) is 109 Å². The highest BCUT2D eigenvalue weighted by molar-refractivity contribution is 7.25. The molecule has 0 spiro atoms. The van der Waals surface area contributed by atoms with E-state index in [1.165, 1.54) is 30.9 Å². The van der Waals surface area contributed by atoms with Crippen LogP contribution in [0.1, 0.15) is 17.9 Å². The van der Waals surface area contributed by atoms with Gasteiger partial charge in [-0.05, 0) is 42.8 Å². The number of aromatic nitrogens is 4. The van der Waals surface area contributed by atoms with E-state index < -0.39 is 0 Å². The second-order valence-corrected chi connectivity index (χ2v) is 14.2. The number of allylic oxidation sites excluding steroid dienone is 4. The van der Waals surface area contributed by atoms with E-state index in [-0.39, 0.29) is 5.92 Å². The molecule has 0 saturated carbocycles. The highest BCUT2D eigenvalue weighted by Gasteiger charge is 2.35. The van der Waals surface area contributed by atoms with Crippen molar-refractivity contribution in [3.8, 4) is 45.6 Å². The van der Waals surface area contributed by atoms with Gasteiger partial charge in [-0.15, -0.1) is 11.3 Å². The summed E-state index contributed by atoms with van der Waals surface area (Å²) in [5.74, 6) is 3.80. The highest BCUT2D eigenvalue weighted by atomic mass is 32.1. The van der Waals surface area contributed by atoms with E-state index in [1.54, 1.807) is 0 Å². The molecule has 51 heavy (non-hydrogen) atoms. The van der Waals surface area contributed by atoms with Crippen LogP contribution in [0.4, 0.5) is 0 Å². The molecule has 9 aromatic rings. The summed E-state index contributed by atoms with van der Waals surface area (Å²) in [4.78, 5) is 15.4. The molecule has 240 valence electrons. The Morgan fingerprint density at radius 1 is 0.588 bits per heavy atom. The molecule has 0 amide bonds. The summed E-state index contributed by atoms with van der Waals surface area (Å²) in [6.07, 6.45) is 7.25. The van der Waals surface area contributed by atoms with Crippen LogP contribution in [0, 0.1) is 0 Å². The van der Waals surface area contributed by atoms with Gasteiger partial charge in [0.15, 0.2) is 17.5 Å². The lowest BCUT2D eigenvalue weighted by molar-refractivity contribution is 0.425. The second kappa shape index (κ2) is 11.1. The Morgan fingerprint density at radius 3 is 2.06 bits per heavy atom. The van der Waals surface area contributed by atoms with Crippen molar-refractivity contribution in [2.24, 2.45) is 0 Å². The van der Waals surface area contributed by atoms with Crippen molar-refractivity contribution in [1.82, 2.24) is 19.5 Å². The lowest BCUT2D eigenvalue weighted by Crippen LogP contribution is -2.05. The first-order valence-electron chi connectivity index (χ1n) is 17.2. The van der Waals surface area contributed by atoms with Gasteiger partial charge < -0.3 is 9.30 Å². The Morgan fingerprint density at radius 2 is 1.27 bits per heavy atom. The van der Waals surface area contributed by atoms with Gasteiger partial charge in [0.05, 0.1) is 22.6 Å². The van der Waals surface area contributed by atoms with E-state index in [4.69, 9.17) is 19.7 Å². The largest absolute Gasteiger partial charge is 0.461 e. The molecule has 5 nitrogen and oxygen atoms in total. The summed E-state index contributed by atoms with van der Waals surface area (Å²) in [7, 11) is 0. The highest BCUT2D eigenvalue weighted by Crippen LogP contribution is 2.50. The van der Waals surface area contributed by atoms with Gasteiger partial charge in [0.25, 0.3) is 0 Å². The van der Waals surface area contributed by atoms with E-state index in [0.29, 0.717) is 17.5 Å². The van der Waals surface area contributed by atoms with Crippen molar-refractivity contribution < 1.29 is 4.74 Å². The first kappa shape index (κ1) is 28.5. The van der Waals surface area contributed by atoms with Crippen molar-refractivity contribution in [3.05, 3.63) is 163 Å². The molecule has 3 aromatic heterocycles. The third-order valence-corrected chi connectivity index (χ3v) is 11.3. The van der Waals surface area contributed by atoms with Crippen LogP contribution in [0.25, 0.3) is 81.8 Å². The maximum absolute atomic E-state index is 6.70. The minimum atomic E-state index is 0.0856. The number of benzene rings is 6. The number of nitrogens with zero attached hydrogens (tertiary/aromatic N) is 4. The molecule has 6 heteroatoms. The summed E-state index contributed by atoms with van der Waals surface area (Å²) < 4.78 is 11.7. The summed E-state index contributed by atoms with van der Waals surface area (Å²) in [6, 6.07) is 46.9. The molecule has 11 rings (SSSR count). The van der Waals surface area contributed by atoms with Gasteiger partial charge in [0.1, 0.15) is 11.5 Å². The van der Waals surface area contributed by atoms with Crippen molar-refractivity contribution in [3.63, 3.8) is 0 Å². The van der Waals surface area contributed by atoms with Crippen LogP contribution in [0.5, 0.6) is 5.75 Å². The summed E-state index contributed by atoms with van der Waals surface area (Å²) in [6.45, 7) is 0. The molecule has 0 N–H and O–H groups in total. The minimum absolute atomic E-state index is 0.0856. The molecule has 6 aromatic carbocycles. The number of rotatable bonds is 4. The standard InChI is InChI=1S/C45H28N4OS/c1-3-13-27(14-4-1)43-46-44(28-15-5-2-6-16-28)48-45(47-43)35-23-29(24-39-42(35)32-19-8-11-21-38(32)50-39)49-36-20-10-7-17-30(36)33-25-34-31-18-9-12-22-40(31)51-41(34)26-37(33)49/h1-18,20-26,32H,19H2. The molecule has 0 saturated heterocycles. The second-order valence-electron chi connectivity index (χ2n) is 13.1. The lowest BCUT2D eigenvalue weighted by Gasteiger charge is -2.17. The fourth-order valence-corrected chi connectivity index (χ4v) is 8.99. The van der Waals surface area contributed by atoms with Crippen LogP contribution < -0.4 is 4.74 Å². The van der Waals surface area contributed by atoms with Crippen LogP contribution in [0.15, 0.2) is 157 Å². The zero-order chi connectivity index (χ0) is 33.5. The summed E-state index contributed by atoms with van der Waals surface area (Å²) in [5, 5.41) is 5.03. The SMILES string of the molecule is C1=CCC2C(=C1)Oc1cc(-n3c4ccccc4c4cc5c(cc43)sc3ccccc35)cc(-c3nc(-c4ccccc4)nc(-c4ccccc4)n3)c12. The average Bonchev–Trinajstić information content (AvgIpc) is 3.86. The van der Waals surface area contributed by atoms with Gasteiger partial charge >= 0.3 is 0 Å². The predicted molar refractivity (Wildman–Crippen MR) is 209 cm³/mol. The molecule has 1 aliphatic heterocycles. The topological polar surface area (TPSA) is 52.8 Å². The molecule has 4 heterocycles. The van der Waals surface area contributed by atoms with Gasteiger partial charge in [-0.25, -0.2) is 15.0 Å². The monoisotopic (exact) mass is 672 g/mol. The maximum atomic E-state index is 6.70. The molecular formula is C45H28N4OS. The Labute approximate surface area is 297 Å². The van der Waals surface area contributed by atoms with Crippen LogP contribution >= 0.6 is 11.3 Å². The molecular weight excluding hydrogens is 645 g/mol. The van der Waals surface area contributed by atoms with Crippen LogP contribution in [-0.2, 0) is 0 Å². The van der Waals surface area contributed by atoms with E-state index >= 15 is 0 Å². The lowest BCUT2D eigenvalue weighted by atomic mass is 9.88. The minimum Gasteiger partial charge on any atom is -0.461 e. The van der Waals surface area contributed by atoms with E-state index in [0.717, 1.165) is 56.9 Å². The van der Waals surface area contributed by atoms with Crippen molar-refractivity contribution in [2.45, 2.75) is 12.3 Å². The molecule has 0 bridgehead atoms. The van der Waals surface area contributed by atoms with Crippen LogP contribution in [0.2, 0.25) is 0 Å². The Hall–Kier alpha value is -6.37. The Balaban J connectivity index is 1.21. The summed E-state index contributed by atoms with van der Waals surface area (Å²) in [5.41, 5.74) is 7.26. The van der Waals surface area contributed by atoms with E-state index in [9.17, 15) is 0 Å². The third-order valence-electron chi connectivity index (χ3n) is 10.2. The fraction of sp³-hybridized carbons (Fsp3) is 0.0444. The van der Waals surface area contributed by atoms with E-state index in [1.807, 2.05) is 47.7 Å². The number of fused-ring (bicyclic) bond motifs is 9. The van der Waals surface area contributed by atoms with Gasteiger partial charge in [-0.3, -0.25) is 0 Å². The first-order valence-corrected chi connectivity index (χ1v) is 18.0. The zero-order valence-electron chi connectivity index (χ0n) is 27.3. The number of hydrogen-bond donors (Lipinski definition) is 0. The van der Waals surface area contributed by atoms with Gasteiger partial charge in [0.2, 0.25) is 0 Å². The summed E-state index contributed by atoms with van der Waals surface area (Å²) >= 11 is 1.84. The molecule has 0 radical (unpaired) electrons. The number of ether oxygens (including phenoxy) is 1. The molecule has 1 aliphatic carbocycles. The number of para-hydroxylation sites is 1. The van der Waals surface area contributed by atoms with Gasteiger partial charge in [-0.2, -0.15) is 0 Å². The van der Waals surface area contributed by atoms with Crippen molar-refractivity contribution >= 4 is 53.3 Å². The molecule has 2 aliphatic rings. The number of thiophene rings is 1. The van der Waals surface area contributed by atoms with Gasteiger partial charge in [0, 0.05) is 59.3 Å². The molecule has 0 fully saturated rings. The quantitative estimate of drug-likeness (QED) is 0.187. The van der Waals surface area contributed by atoms with Crippen LogP contribution in [-0.4, -0.2) is 19.5 Å². The fourth-order valence-electron chi connectivity index (χ4n) is 7.87. The Bertz CT molecular complexity index is 2860. The average molecular weight is 673 g/mol. The zero-order valence-corrected chi connectivity index (χ0v) is 28.1. The van der Waals surface area contributed by atoms with Crippen molar-refractivity contribution in [2.75, 3.05) is 0 Å². The molecule has 1 atom stereocenters. The number of hydrogen-bond acceptors (Lipinski definition) is 5. The smallest absolute Gasteiger partial charge is 0.164 e. The molecule has 1 unspecified atom stereocenters. The normalized spacial score (nSPS) is 15.0. The van der Waals surface area contributed by atoms with Crippen LogP contribution in [0.3, 0.4) is 0 Å². The maximum Gasteiger partial charge on any atom is 0.164 e. The Kier molecular flexibility index (Phi) is 6.18. The third kappa shape index (κ3) is 4.43. The van der Waals surface area contributed by atoms with Crippen molar-refractivity contribution in [1.29, 1.82) is 0 Å². The van der Waals surface area contributed by atoms with E-state index in [2.05, 4.69) is 120 Å². The first-order chi connectivity index (χ1) is 25.3. The predicted octanol–water partition coefficient (Wildman–Crippen LogP) is 11.7.